The summed E-state index contributed by atoms with van der Waals surface area (Å²) in [6.45, 7) is 2.75. The number of halogens is 1. The maximum atomic E-state index is 15.0. The summed E-state index contributed by atoms with van der Waals surface area (Å²) in [5.41, 5.74) is 1.81. The molecule has 2 bridgehead atoms. The first-order chi connectivity index (χ1) is 15.3. The average Bonchev–Trinajstić information content (AvgIpc) is 3.20. The van der Waals surface area contributed by atoms with Crippen LogP contribution in [-0.4, -0.2) is 56.2 Å². The van der Waals surface area contributed by atoms with Crippen molar-refractivity contribution in [3.63, 3.8) is 0 Å². The number of hydrogen-bond acceptors (Lipinski definition) is 6. The van der Waals surface area contributed by atoms with Crippen LogP contribution in [0, 0.1) is 5.92 Å². The molecule has 5 rings (SSSR count). The Morgan fingerprint density at radius 3 is 2.53 bits per heavy atom. The molecular formula is C24H25FN4O3. The minimum Gasteiger partial charge on any atom is -0.507 e. The topological polar surface area (TPSA) is 80.5 Å². The third-order valence-corrected chi connectivity index (χ3v) is 7.01. The molecule has 7 nitrogen and oxygen atoms in total. The van der Waals surface area contributed by atoms with Gasteiger partial charge in [0, 0.05) is 43.4 Å². The smallest absolute Gasteiger partial charge is 0.250 e. The highest BCUT2D eigenvalue weighted by atomic mass is 19.1. The maximum Gasteiger partial charge on any atom is 0.250 e. The van der Waals surface area contributed by atoms with Gasteiger partial charge in [0.2, 0.25) is 5.88 Å². The van der Waals surface area contributed by atoms with E-state index in [1.54, 1.807) is 37.5 Å². The van der Waals surface area contributed by atoms with Gasteiger partial charge < -0.3 is 14.4 Å². The largest absolute Gasteiger partial charge is 0.507 e. The highest BCUT2D eigenvalue weighted by molar-refractivity contribution is 5.74. The minimum absolute atomic E-state index is 0.0269. The summed E-state index contributed by atoms with van der Waals surface area (Å²) in [5.74, 6) is 0.434. The molecule has 1 saturated carbocycles. The lowest BCUT2D eigenvalue weighted by Gasteiger charge is -2.38. The van der Waals surface area contributed by atoms with Gasteiger partial charge in [0.05, 0.1) is 11.2 Å². The van der Waals surface area contributed by atoms with Crippen LogP contribution in [0.5, 0.6) is 11.6 Å². The van der Waals surface area contributed by atoms with Gasteiger partial charge >= 0.3 is 0 Å². The molecule has 3 heterocycles. The Balaban J connectivity index is 1.34. The summed E-state index contributed by atoms with van der Waals surface area (Å²) >= 11 is 0. The van der Waals surface area contributed by atoms with Gasteiger partial charge in [-0.2, -0.15) is 0 Å². The zero-order chi connectivity index (χ0) is 22.6. The van der Waals surface area contributed by atoms with Crippen molar-refractivity contribution in [3.8, 4) is 34.0 Å². The molecule has 1 aromatic carbocycles. The third kappa shape index (κ3) is 3.26. The zero-order valence-corrected chi connectivity index (χ0v) is 18.2. The molecule has 2 aromatic heterocycles. The van der Waals surface area contributed by atoms with Gasteiger partial charge in [-0.3, -0.25) is 9.69 Å². The van der Waals surface area contributed by atoms with E-state index in [2.05, 4.69) is 15.1 Å². The number of pyridine rings is 1. The number of hydrogen-bond donors (Lipinski definition) is 1. The second-order valence-corrected chi connectivity index (χ2v) is 9.04. The number of nitrogens with zero attached hydrogens (tertiary/aromatic N) is 4. The monoisotopic (exact) mass is 436 g/mol. The van der Waals surface area contributed by atoms with Crippen LogP contribution in [0.2, 0.25) is 0 Å². The number of likely N-dealkylation sites (tertiary alicyclic amines) is 1. The van der Waals surface area contributed by atoms with E-state index in [4.69, 9.17) is 4.74 Å². The van der Waals surface area contributed by atoms with Crippen molar-refractivity contribution < 1.29 is 14.2 Å². The fourth-order valence-corrected chi connectivity index (χ4v) is 4.93. The van der Waals surface area contributed by atoms with E-state index in [1.165, 1.54) is 10.6 Å². The fraction of sp³-hybridized carbons (Fsp3) is 0.375. The zero-order valence-electron chi connectivity index (χ0n) is 18.2. The Morgan fingerprint density at radius 1 is 1.12 bits per heavy atom. The van der Waals surface area contributed by atoms with Crippen LogP contribution in [0.25, 0.3) is 22.4 Å². The molecule has 2 aliphatic rings. The number of fused-ring (bicyclic) bond motifs is 2. The van der Waals surface area contributed by atoms with Gasteiger partial charge in [0.15, 0.2) is 6.17 Å². The highest BCUT2D eigenvalue weighted by Crippen LogP contribution is 2.48. The van der Waals surface area contributed by atoms with E-state index in [0.717, 1.165) is 24.1 Å². The Bertz CT molecular complexity index is 1230. The average molecular weight is 436 g/mol. The van der Waals surface area contributed by atoms with Crippen molar-refractivity contribution in [1.29, 1.82) is 0 Å². The minimum atomic E-state index is -1.08. The van der Waals surface area contributed by atoms with E-state index in [9.17, 15) is 14.3 Å². The number of aryl methyl sites for hydroxylation is 1. The highest BCUT2D eigenvalue weighted by Gasteiger charge is 2.60. The van der Waals surface area contributed by atoms with Gasteiger partial charge in [-0.25, -0.2) is 4.39 Å². The molecule has 1 saturated heterocycles. The number of phenols is 1. The lowest BCUT2D eigenvalue weighted by Crippen LogP contribution is -2.54. The Kier molecular flexibility index (Phi) is 4.78. The SMILES string of the molecule is CN1C[C@H]2C[C@]1(C)[C@@H](F)[C@@H]2Oc1ccc(-c2ccc(-c3ccn(C)c(=O)c3)cc2O)nn1. The number of aromatic nitrogens is 3. The van der Waals surface area contributed by atoms with E-state index in [1.807, 2.05) is 26.1 Å². The molecule has 1 aliphatic carbocycles. The van der Waals surface area contributed by atoms with Crippen molar-refractivity contribution in [3.05, 3.63) is 59.0 Å². The van der Waals surface area contributed by atoms with Crippen LogP contribution >= 0.6 is 0 Å². The summed E-state index contributed by atoms with van der Waals surface area (Å²) in [7, 11) is 3.63. The Morgan fingerprint density at radius 2 is 1.91 bits per heavy atom. The number of piperidine rings is 1. The van der Waals surface area contributed by atoms with Crippen molar-refractivity contribution in [2.45, 2.75) is 31.2 Å². The first-order valence-electron chi connectivity index (χ1n) is 10.6. The number of benzene rings is 1. The number of phenolic OH excluding ortho intramolecular Hbond substituents is 1. The molecule has 2 fully saturated rings. The number of aromatic hydroxyl groups is 1. The van der Waals surface area contributed by atoms with Gasteiger partial charge in [-0.1, -0.05) is 6.07 Å². The van der Waals surface area contributed by atoms with Gasteiger partial charge in [0.1, 0.15) is 11.9 Å². The van der Waals surface area contributed by atoms with Gasteiger partial charge in [0.25, 0.3) is 5.56 Å². The molecule has 0 unspecified atom stereocenters. The second-order valence-electron chi connectivity index (χ2n) is 9.04. The van der Waals surface area contributed by atoms with Crippen molar-refractivity contribution in [2.24, 2.45) is 13.0 Å². The van der Waals surface area contributed by atoms with E-state index in [0.29, 0.717) is 11.3 Å². The first kappa shape index (κ1) is 20.6. The van der Waals surface area contributed by atoms with Crippen LogP contribution in [-0.2, 0) is 7.05 Å². The van der Waals surface area contributed by atoms with Crippen LogP contribution in [0.4, 0.5) is 4.39 Å². The van der Waals surface area contributed by atoms with Gasteiger partial charge in [-0.15, -0.1) is 10.2 Å². The number of ether oxygens (including phenoxy) is 1. The molecule has 32 heavy (non-hydrogen) atoms. The molecule has 3 aromatic rings. The summed E-state index contributed by atoms with van der Waals surface area (Å²) in [4.78, 5) is 13.9. The van der Waals surface area contributed by atoms with E-state index in [-0.39, 0.29) is 23.1 Å². The van der Waals surface area contributed by atoms with Gasteiger partial charge in [-0.05, 0) is 55.8 Å². The van der Waals surface area contributed by atoms with E-state index >= 15 is 0 Å². The summed E-state index contributed by atoms with van der Waals surface area (Å²) in [6.07, 6.45) is 0.847. The maximum absolute atomic E-state index is 15.0. The molecule has 1 N–H and O–H groups in total. The Labute approximate surface area is 185 Å². The lowest BCUT2D eigenvalue weighted by molar-refractivity contribution is -0.0143. The quantitative estimate of drug-likeness (QED) is 0.677. The molecule has 0 radical (unpaired) electrons. The van der Waals surface area contributed by atoms with Crippen LogP contribution in [0.15, 0.2) is 53.5 Å². The molecular weight excluding hydrogens is 411 g/mol. The predicted octanol–water partition coefficient (Wildman–Crippen LogP) is 3.02. The molecule has 8 heteroatoms. The number of rotatable bonds is 4. The fourth-order valence-electron chi connectivity index (χ4n) is 4.93. The van der Waals surface area contributed by atoms with Crippen molar-refractivity contribution >= 4 is 0 Å². The van der Waals surface area contributed by atoms with Crippen molar-refractivity contribution in [2.75, 3.05) is 13.6 Å². The predicted molar refractivity (Wildman–Crippen MR) is 118 cm³/mol. The van der Waals surface area contributed by atoms with Crippen LogP contribution in [0.1, 0.15) is 13.3 Å². The number of alkyl halides is 1. The summed E-state index contributed by atoms with van der Waals surface area (Å²) < 4.78 is 22.3. The molecule has 4 atom stereocenters. The van der Waals surface area contributed by atoms with Crippen molar-refractivity contribution in [1.82, 2.24) is 19.7 Å². The van der Waals surface area contributed by atoms with E-state index < -0.39 is 17.8 Å². The van der Waals surface area contributed by atoms with Crippen LogP contribution in [0.3, 0.4) is 0 Å². The summed E-state index contributed by atoms with van der Waals surface area (Å²) in [5, 5.41) is 18.8. The Hall–Kier alpha value is -3.26. The molecule has 166 valence electrons. The first-order valence-corrected chi connectivity index (χ1v) is 10.6. The second kappa shape index (κ2) is 7.41. The molecule has 0 amide bonds. The van der Waals surface area contributed by atoms with Crippen LogP contribution < -0.4 is 10.3 Å². The lowest BCUT2D eigenvalue weighted by atomic mass is 9.97. The molecule has 0 spiro atoms. The summed E-state index contributed by atoms with van der Waals surface area (Å²) in [6, 6.07) is 11.8. The standard InChI is InChI=1S/C24H25FN4O3/c1-24-12-16(13-29(24)3)22(23(24)25)32-20-7-6-18(26-27-20)17-5-4-14(10-19(17)30)15-8-9-28(2)21(31)11-15/h4-11,16,22-23,30H,12-13H2,1-3H3/t16-,22-,23+,24-/m1/s1. The third-order valence-electron chi connectivity index (χ3n) is 7.01. The normalized spacial score (nSPS) is 27.1. The molecule has 1 aliphatic heterocycles.